The molecule has 0 radical (unpaired) electrons. The Labute approximate surface area is 126 Å². The van der Waals surface area contributed by atoms with Gasteiger partial charge in [0, 0.05) is 13.1 Å². The second kappa shape index (κ2) is 8.50. The molecule has 1 rings (SSSR count). The normalized spacial score (nSPS) is 12.0. The maximum Gasteiger partial charge on any atom is 0.573 e. The van der Waals surface area contributed by atoms with Crippen molar-refractivity contribution in [1.82, 2.24) is 5.32 Å². The Morgan fingerprint density at radius 2 is 1.95 bits per heavy atom. The molecule has 0 heterocycles. The SMILES string of the molecule is FC(F)COCCNCc1ccc(OC(F)(F)F)c(Br)c1. The molecule has 0 spiro atoms. The number of hydrogen-bond acceptors (Lipinski definition) is 3. The predicted octanol–water partition coefficient (Wildman–Crippen LogP) is 3.72. The van der Waals surface area contributed by atoms with Crippen LogP contribution in [0, 0.1) is 0 Å². The van der Waals surface area contributed by atoms with Crippen molar-refractivity contribution < 1.29 is 31.4 Å². The van der Waals surface area contributed by atoms with Gasteiger partial charge in [0.1, 0.15) is 12.4 Å². The Kier molecular flexibility index (Phi) is 7.33. The molecular weight excluding hydrogens is 365 g/mol. The van der Waals surface area contributed by atoms with Gasteiger partial charge >= 0.3 is 6.36 Å². The van der Waals surface area contributed by atoms with Crippen molar-refractivity contribution in [2.24, 2.45) is 0 Å². The number of hydrogen-bond donors (Lipinski definition) is 1. The van der Waals surface area contributed by atoms with Gasteiger partial charge < -0.3 is 14.8 Å². The molecule has 0 saturated carbocycles. The van der Waals surface area contributed by atoms with Gasteiger partial charge in [-0.15, -0.1) is 13.2 Å². The number of benzene rings is 1. The van der Waals surface area contributed by atoms with Crippen LogP contribution in [0.3, 0.4) is 0 Å². The van der Waals surface area contributed by atoms with Gasteiger partial charge in [-0.1, -0.05) is 6.07 Å². The first-order chi connectivity index (χ1) is 9.78. The van der Waals surface area contributed by atoms with Crippen LogP contribution >= 0.6 is 15.9 Å². The third-order valence-electron chi connectivity index (χ3n) is 2.22. The van der Waals surface area contributed by atoms with Gasteiger partial charge in [-0.05, 0) is 33.6 Å². The van der Waals surface area contributed by atoms with E-state index >= 15 is 0 Å². The highest BCUT2D eigenvalue weighted by molar-refractivity contribution is 9.10. The summed E-state index contributed by atoms with van der Waals surface area (Å²) < 4.78 is 68.4. The van der Waals surface area contributed by atoms with Gasteiger partial charge in [-0.2, -0.15) is 0 Å². The number of halogens is 6. The topological polar surface area (TPSA) is 30.5 Å². The molecule has 0 fully saturated rings. The summed E-state index contributed by atoms with van der Waals surface area (Å²) >= 11 is 2.99. The lowest BCUT2D eigenvalue weighted by atomic mass is 10.2. The fourth-order valence-corrected chi connectivity index (χ4v) is 1.92. The molecule has 3 nitrogen and oxygen atoms in total. The molecule has 0 aliphatic carbocycles. The van der Waals surface area contributed by atoms with Crippen LogP contribution in [0.25, 0.3) is 0 Å². The van der Waals surface area contributed by atoms with E-state index in [-0.39, 0.29) is 16.8 Å². The molecule has 1 aromatic carbocycles. The summed E-state index contributed by atoms with van der Waals surface area (Å²) in [5, 5.41) is 2.92. The van der Waals surface area contributed by atoms with Gasteiger partial charge in [0.05, 0.1) is 11.1 Å². The molecule has 120 valence electrons. The van der Waals surface area contributed by atoms with E-state index in [0.717, 1.165) is 0 Å². The van der Waals surface area contributed by atoms with E-state index in [1.165, 1.54) is 18.2 Å². The average Bonchev–Trinajstić information content (AvgIpc) is 2.35. The van der Waals surface area contributed by atoms with Gasteiger partial charge in [-0.3, -0.25) is 0 Å². The number of nitrogens with one attached hydrogen (secondary N) is 1. The van der Waals surface area contributed by atoms with Gasteiger partial charge in [0.25, 0.3) is 6.43 Å². The van der Waals surface area contributed by atoms with Crippen molar-refractivity contribution in [3.63, 3.8) is 0 Å². The second-order valence-corrected chi connectivity index (χ2v) is 4.81. The van der Waals surface area contributed by atoms with E-state index in [1.54, 1.807) is 0 Å². The summed E-state index contributed by atoms with van der Waals surface area (Å²) in [7, 11) is 0. The zero-order valence-electron chi connectivity index (χ0n) is 10.7. The summed E-state index contributed by atoms with van der Waals surface area (Å²) in [6, 6.07) is 4.15. The summed E-state index contributed by atoms with van der Waals surface area (Å²) in [4.78, 5) is 0. The maximum absolute atomic E-state index is 12.1. The lowest BCUT2D eigenvalue weighted by molar-refractivity contribution is -0.274. The quantitative estimate of drug-likeness (QED) is 0.553. The van der Waals surface area contributed by atoms with E-state index < -0.39 is 19.4 Å². The minimum Gasteiger partial charge on any atom is -0.405 e. The van der Waals surface area contributed by atoms with Crippen LogP contribution in [-0.2, 0) is 11.3 Å². The Hall–Kier alpha value is -0.930. The molecular formula is C12H13BrF5NO2. The van der Waals surface area contributed by atoms with Crippen LogP contribution in [0.1, 0.15) is 5.56 Å². The fraction of sp³-hybridized carbons (Fsp3) is 0.500. The highest BCUT2D eigenvalue weighted by atomic mass is 79.9. The van der Waals surface area contributed by atoms with Gasteiger partial charge in [-0.25, -0.2) is 8.78 Å². The van der Waals surface area contributed by atoms with Crippen molar-refractivity contribution in [2.75, 3.05) is 19.8 Å². The Morgan fingerprint density at radius 3 is 2.52 bits per heavy atom. The first-order valence-electron chi connectivity index (χ1n) is 5.88. The largest absolute Gasteiger partial charge is 0.573 e. The number of rotatable bonds is 8. The highest BCUT2D eigenvalue weighted by Gasteiger charge is 2.31. The van der Waals surface area contributed by atoms with Crippen molar-refractivity contribution in [3.05, 3.63) is 28.2 Å². The standard InChI is InChI=1S/C12H13BrF5NO2/c13-9-5-8(1-2-10(9)21-12(16,17)18)6-19-3-4-20-7-11(14)15/h1-2,5,11,19H,3-4,6-7H2. The van der Waals surface area contributed by atoms with E-state index in [1.807, 2.05) is 0 Å². The first kappa shape index (κ1) is 18.1. The molecule has 0 unspecified atom stereocenters. The Balaban J connectivity index is 2.35. The Morgan fingerprint density at radius 1 is 1.24 bits per heavy atom. The molecule has 0 atom stereocenters. The molecule has 0 aliphatic heterocycles. The van der Waals surface area contributed by atoms with E-state index in [0.29, 0.717) is 18.7 Å². The van der Waals surface area contributed by atoms with Crippen LogP contribution < -0.4 is 10.1 Å². The van der Waals surface area contributed by atoms with E-state index in [2.05, 4.69) is 30.7 Å². The van der Waals surface area contributed by atoms with Crippen molar-refractivity contribution in [2.45, 2.75) is 19.3 Å². The summed E-state index contributed by atoms with van der Waals surface area (Å²) in [5.41, 5.74) is 0.713. The van der Waals surface area contributed by atoms with Crippen molar-refractivity contribution in [1.29, 1.82) is 0 Å². The summed E-state index contributed by atoms with van der Waals surface area (Å²) in [6.07, 6.45) is -7.24. The average molecular weight is 378 g/mol. The summed E-state index contributed by atoms with van der Waals surface area (Å²) in [6.45, 7) is 0.228. The van der Waals surface area contributed by atoms with Crippen LogP contribution in [0.15, 0.2) is 22.7 Å². The molecule has 0 aromatic heterocycles. The molecule has 21 heavy (non-hydrogen) atoms. The molecule has 1 aromatic rings. The zero-order chi connectivity index (χ0) is 15.9. The van der Waals surface area contributed by atoms with E-state index in [4.69, 9.17) is 0 Å². The molecule has 0 amide bonds. The van der Waals surface area contributed by atoms with Crippen LogP contribution in [0.5, 0.6) is 5.75 Å². The molecule has 9 heteroatoms. The maximum atomic E-state index is 12.1. The van der Waals surface area contributed by atoms with Crippen molar-refractivity contribution in [3.8, 4) is 5.75 Å². The minimum atomic E-state index is -4.75. The van der Waals surface area contributed by atoms with Crippen LogP contribution in [-0.4, -0.2) is 32.5 Å². The van der Waals surface area contributed by atoms with Crippen LogP contribution in [0.4, 0.5) is 22.0 Å². The molecule has 1 N–H and O–H groups in total. The van der Waals surface area contributed by atoms with E-state index in [9.17, 15) is 22.0 Å². The molecule has 0 bridgehead atoms. The zero-order valence-corrected chi connectivity index (χ0v) is 12.3. The smallest absolute Gasteiger partial charge is 0.405 e. The highest BCUT2D eigenvalue weighted by Crippen LogP contribution is 2.30. The minimum absolute atomic E-state index is 0.126. The third-order valence-corrected chi connectivity index (χ3v) is 2.84. The predicted molar refractivity (Wildman–Crippen MR) is 69.4 cm³/mol. The lowest BCUT2D eigenvalue weighted by Gasteiger charge is -2.12. The monoisotopic (exact) mass is 377 g/mol. The number of alkyl halides is 5. The summed E-state index contributed by atoms with van der Waals surface area (Å²) in [5.74, 6) is -0.327. The first-order valence-corrected chi connectivity index (χ1v) is 6.68. The lowest BCUT2D eigenvalue weighted by Crippen LogP contribution is -2.21. The van der Waals surface area contributed by atoms with Crippen LogP contribution in [0.2, 0.25) is 0 Å². The van der Waals surface area contributed by atoms with Crippen molar-refractivity contribution >= 4 is 15.9 Å². The molecule has 0 saturated heterocycles. The number of ether oxygens (including phenoxy) is 2. The fourth-order valence-electron chi connectivity index (χ4n) is 1.41. The second-order valence-electron chi connectivity index (χ2n) is 3.96. The van der Waals surface area contributed by atoms with Gasteiger partial charge in [0.2, 0.25) is 0 Å². The van der Waals surface area contributed by atoms with Gasteiger partial charge in [0.15, 0.2) is 0 Å². The Bertz CT molecular complexity index is 442. The molecule has 0 aliphatic rings. The third kappa shape index (κ3) is 8.18.